The first-order chi connectivity index (χ1) is 13.1. The Hall–Kier alpha value is -3.54. The van der Waals surface area contributed by atoms with E-state index in [1.165, 1.54) is 24.5 Å². The number of nitrogens with one attached hydrogen (secondary N) is 1. The van der Waals surface area contributed by atoms with Gasteiger partial charge < -0.3 is 10.1 Å². The lowest BCUT2D eigenvalue weighted by Gasteiger charge is -2.14. The van der Waals surface area contributed by atoms with Crippen LogP contribution in [0.25, 0.3) is 6.08 Å². The Bertz CT molecular complexity index is 928. The fraction of sp³-hybridized carbons (Fsp3) is 0.0952. The lowest BCUT2D eigenvalue weighted by atomic mass is 10.1. The van der Waals surface area contributed by atoms with Crippen molar-refractivity contribution in [3.8, 4) is 11.5 Å². The van der Waals surface area contributed by atoms with Crippen LogP contribution in [0.3, 0.4) is 0 Å². The van der Waals surface area contributed by atoms with Crippen molar-refractivity contribution in [1.82, 2.24) is 15.3 Å². The van der Waals surface area contributed by atoms with Crippen LogP contribution < -0.4 is 10.1 Å². The van der Waals surface area contributed by atoms with Crippen molar-refractivity contribution in [2.45, 2.75) is 13.0 Å². The van der Waals surface area contributed by atoms with Crippen molar-refractivity contribution in [2.24, 2.45) is 0 Å². The molecule has 0 radical (unpaired) electrons. The highest BCUT2D eigenvalue weighted by Crippen LogP contribution is 2.23. The minimum Gasteiger partial charge on any atom is -0.454 e. The first kappa shape index (κ1) is 18.3. The number of hydrogen-bond acceptors (Lipinski definition) is 4. The summed E-state index contributed by atoms with van der Waals surface area (Å²) in [5.74, 6) is 0.614. The highest BCUT2D eigenvalue weighted by atomic mass is 19.1. The summed E-state index contributed by atoms with van der Waals surface area (Å²) in [6.45, 7) is 1.88. The van der Waals surface area contributed by atoms with Gasteiger partial charge in [-0.25, -0.2) is 14.4 Å². The smallest absolute Gasteiger partial charge is 0.244 e. The standard InChI is InChI=1S/C21H18FN3O2/c1-15(25-21(26)10-7-16-5-8-18(22)9-6-16)17-3-2-4-19(11-17)27-20-12-23-14-24-13-20/h2-15H,1H3,(H,25,26)/t15-/m0/s1. The number of aromatic nitrogens is 2. The number of halogens is 1. The van der Waals surface area contributed by atoms with Crippen molar-refractivity contribution in [3.63, 3.8) is 0 Å². The van der Waals surface area contributed by atoms with Crippen LogP contribution in [-0.2, 0) is 4.79 Å². The van der Waals surface area contributed by atoms with Gasteiger partial charge in [-0.1, -0.05) is 24.3 Å². The maximum atomic E-state index is 12.9. The van der Waals surface area contributed by atoms with Gasteiger partial charge in [-0.05, 0) is 48.4 Å². The Morgan fingerprint density at radius 1 is 1.11 bits per heavy atom. The Balaban J connectivity index is 1.61. The fourth-order valence-electron chi connectivity index (χ4n) is 2.41. The second-order valence-electron chi connectivity index (χ2n) is 5.86. The molecule has 0 aliphatic heterocycles. The monoisotopic (exact) mass is 363 g/mol. The maximum Gasteiger partial charge on any atom is 0.244 e. The third-order valence-electron chi connectivity index (χ3n) is 3.79. The molecule has 0 aliphatic carbocycles. The summed E-state index contributed by atoms with van der Waals surface area (Å²) in [5.41, 5.74) is 1.65. The molecule has 0 spiro atoms. The Labute approximate surface area is 156 Å². The number of carbonyl (C=O) groups is 1. The highest BCUT2D eigenvalue weighted by molar-refractivity contribution is 5.91. The van der Waals surface area contributed by atoms with E-state index in [9.17, 15) is 9.18 Å². The molecule has 0 bridgehead atoms. The van der Waals surface area contributed by atoms with Gasteiger partial charge in [-0.2, -0.15) is 0 Å². The summed E-state index contributed by atoms with van der Waals surface area (Å²) in [6, 6.07) is 13.1. The van der Waals surface area contributed by atoms with Gasteiger partial charge in [0.1, 0.15) is 17.9 Å². The van der Waals surface area contributed by atoms with Crippen molar-refractivity contribution in [3.05, 3.63) is 90.3 Å². The van der Waals surface area contributed by atoms with Crippen LogP contribution >= 0.6 is 0 Å². The number of rotatable bonds is 6. The quantitative estimate of drug-likeness (QED) is 0.663. The minimum absolute atomic E-state index is 0.217. The average molecular weight is 363 g/mol. The van der Waals surface area contributed by atoms with E-state index in [0.717, 1.165) is 11.1 Å². The predicted molar refractivity (Wildman–Crippen MR) is 101 cm³/mol. The molecule has 1 N–H and O–H groups in total. The van der Waals surface area contributed by atoms with Crippen molar-refractivity contribution < 1.29 is 13.9 Å². The number of carbonyl (C=O) groups excluding carboxylic acids is 1. The zero-order chi connectivity index (χ0) is 19.1. The van der Waals surface area contributed by atoms with Crippen LogP contribution in [0.15, 0.2) is 73.3 Å². The van der Waals surface area contributed by atoms with Crippen LogP contribution in [0, 0.1) is 5.82 Å². The first-order valence-corrected chi connectivity index (χ1v) is 8.37. The van der Waals surface area contributed by atoms with E-state index in [1.807, 2.05) is 31.2 Å². The molecule has 1 aromatic heterocycles. The molecule has 136 valence electrons. The van der Waals surface area contributed by atoms with Crippen LogP contribution in [0.2, 0.25) is 0 Å². The van der Waals surface area contributed by atoms with E-state index in [1.54, 1.807) is 30.6 Å². The number of ether oxygens (including phenoxy) is 1. The number of hydrogen-bond donors (Lipinski definition) is 1. The van der Waals surface area contributed by atoms with E-state index >= 15 is 0 Å². The average Bonchev–Trinajstić information content (AvgIpc) is 2.68. The van der Waals surface area contributed by atoms with Gasteiger partial charge in [-0.15, -0.1) is 0 Å². The molecule has 1 heterocycles. The lowest BCUT2D eigenvalue weighted by molar-refractivity contribution is -0.117. The molecular formula is C21H18FN3O2. The molecule has 0 aliphatic rings. The van der Waals surface area contributed by atoms with Crippen molar-refractivity contribution in [2.75, 3.05) is 0 Å². The maximum absolute atomic E-state index is 12.9. The van der Waals surface area contributed by atoms with Crippen molar-refractivity contribution >= 4 is 12.0 Å². The lowest BCUT2D eigenvalue weighted by Crippen LogP contribution is -2.24. The van der Waals surface area contributed by atoms with Gasteiger partial charge in [-0.3, -0.25) is 4.79 Å². The van der Waals surface area contributed by atoms with E-state index in [-0.39, 0.29) is 17.8 Å². The summed E-state index contributed by atoms with van der Waals surface area (Å²) in [5, 5.41) is 2.89. The van der Waals surface area contributed by atoms with E-state index in [4.69, 9.17) is 4.74 Å². The van der Waals surface area contributed by atoms with Crippen molar-refractivity contribution in [1.29, 1.82) is 0 Å². The largest absolute Gasteiger partial charge is 0.454 e. The number of amides is 1. The minimum atomic E-state index is -0.311. The second-order valence-corrected chi connectivity index (χ2v) is 5.86. The fourth-order valence-corrected chi connectivity index (χ4v) is 2.41. The molecule has 1 atom stereocenters. The predicted octanol–water partition coefficient (Wildman–Crippen LogP) is 4.30. The molecule has 0 saturated heterocycles. The van der Waals surface area contributed by atoms with Crippen LogP contribution in [0.4, 0.5) is 4.39 Å². The molecule has 2 aromatic carbocycles. The molecule has 5 nitrogen and oxygen atoms in total. The molecule has 6 heteroatoms. The zero-order valence-corrected chi connectivity index (χ0v) is 14.7. The summed E-state index contributed by atoms with van der Waals surface area (Å²) in [4.78, 5) is 19.9. The Kier molecular flexibility index (Phi) is 5.89. The molecule has 3 aromatic rings. The molecule has 0 saturated carbocycles. The van der Waals surface area contributed by atoms with Gasteiger partial charge in [0.05, 0.1) is 18.4 Å². The summed E-state index contributed by atoms with van der Waals surface area (Å²) >= 11 is 0. The van der Waals surface area contributed by atoms with Gasteiger partial charge in [0.15, 0.2) is 5.75 Å². The van der Waals surface area contributed by atoms with Gasteiger partial charge in [0.2, 0.25) is 5.91 Å². The van der Waals surface area contributed by atoms with Gasteiger partial charge in [0, 0.05) is 6.08 Å². The Morgan fingerprint density at radius 3 is 2.59 bits per heavy atom. The number of benzene rings is 2. The normalized spacial score (nSPS) is 11.9. The SMILES string of the molecule is C[C@H](NC(=O)C=Cc1ccc(F)cc1)c1cccc(Oc2cncnc2)c1. The third-order valence-corrected chi connectivity index (χ3v) is 3.79. The molecule has 0 unspecified atom stereocenters. The van der Waals surface area contributed by atoms with E-state index < -0.39 is 0 Å². The third kappa shape index (κ3) is 5.47. The zero-order valence-electron chi connectivity index (χ0n) is 14.7. The van der Waals surface area contributed by atoms with Crippen LogP contribution in [0.1, 0.15) is 24.1 Å². The molecule has 1 amide bonds. The number of nitrogens with zero attached hydrogens (tertiary/aromatic N) is 2. The first-order valence-electron chi connectivity index (χ1n) is 8.37. The molecule has 0 fully saturated rings. The van der Waals surface area contributed by atoms with E-state index in [2.05, 4.69) is 15.3 Å². The summed E-state index contributed by atoms with van der Waals surface area (Å²) in [7, 11) is 0. The topological polar surface area (TPSA) is 64.1 Å². The Morgan fingerprint density at radius 2 is 1.85 bits per heavy atom. The summed E-state index contributed by atoms with van der Waals surface area (Å²) in [6.07, 6.45) is 7.64. The summed E-state index contributed by atoms with van der Waals surface area (Å²) < 4.78 is 18.6. The second kappa shape index (κ2) is 8.71. The van der Waals surface area contributed by atoms with Gasteiger partial charge in [0.25, 0.3) is 0 Å². The van der Waals surface area contributed by atoms with E-state index in [0.29, 0.717) is 11.5 Å². The van der Waals surface area contributed by atoms with Gasteiger partial charge >= 0.3 is 0 Å². The van der Waals surface area contributed by atoms with Crippen LogP contribution in [-0.4, -0.2) is 15.9 Å². The molecule has 3 rings (SSSR count). The molecule has 27 heavy (non-hydrogen) atoms. The molecular weight excluding hydrogens is 345 g/mol. The van der Waals surface area contributed by atoms with Crippen LogP contribution in [0.5, 0.6) is 11.5 Å². The highest BCUT2D eigenvalue weighted by Gasteiger charge is 2.09.